The highest BCUT2D eigenvalue weighted by Gasteiger charge is 2.23. The summed E-state index contributed by atoms with van der Waals surface area (Å²) in [4.78, 5) is 3.05. The monoisotopic (exact) mass is 319 g/mol. The van der Waals surface area contributed by atoms with E-state index in [-0.39, 0.29) is 9.20 Å². The predicted octanol–water partition coefficient (Wildman–Crippen LogP) is 0.612. The van der Waals surface area contributed by atoms with E-state index in [4.69, 9.17) is 18.0 Å². The summed E-state index contributed by atoms with van der Waals surface area (Å²) in [5, 5.41) is 0. The van der Waals surface area contributed by atoms with Gasteiger partial charge >= 0.3 is 0 Å². The maximum absolute atomic E-state index is 12.1. The molecule has 19 heavy (non-hydrogen) atoms. The lowest BCUT2D eigenvalue weighted by Crippen LogP contribution is -2.30. The third-order valence-electron chi connectivity index (χ3n) is 3.14. The zero-order valence-electron chi connectivity index (χ0n) is 10.6. The van der Waals surface area contributed by atoms with Gasteiger partial charge in [-0.15, -0.1) is 11.3 Å². The molecule has 0 aliphatic carbocycles. The van der Waals surface area contributed by atoms with Crippen molar-refractivity contribution in [3.05, 3.63) is 17.0 Å². The van der Waals surface area contributed by atoms with Crippen LogP contribution in [0.2, 0.25) is 0 Å². The second kappa shape index (κ2) is 5.84. The van der Waals surface area contributed by atoms with Gasteiger partial charge in [0.1, 0.15) is 9.20 Å². The van der Waals surface area contributed by atoms with Gasteiger partial charge in [-0.3, -0.25) is 0 Å². The molecule has 1 aliphatic rings. The van der Waals surface area contributed by atoms with Gasteiger partial charge in [0.25, 0.3) is 0 Å². The Balaban J connectivity index is 1.99. The van der Waals surface area contributed by atoms with Crippen LogP contribution < -0.4 is 10.5 Å². The Hall–Kier alpha value is -0.540. The van der Waals surface area contributed by atoms with Gasteiger partial charge in [0, 0.05) is 13.1 Å². The molecule has 3 N–H and O–H groups in total. The van der Waals surface area contributed by atoms with Crippen molar-refractivity contribution in [3.8, 4) is 0 Å². The lowest BCUT2D eigenvalue weighted by molar-refractivity contribution is 0.394. The molecule has 0 bridgehead atoms. The van der Waals surface area contributed by atoms with Gasteiger partial charge in [0.15, 0.2) is 0 Å². The maximum atomic E-state index is 12.1. The lowest BCUT2D eigenvalue weighted by atomic mass is 10.1. The molecule has 1 atom stereocenters. The SMILES string of the molecule is CN1CCC(CNS(=O)(=O)c2ccc(C(N)=S)s2)C1. The van der Waals surface area contributed by atoms with Gasteiger partial charge in [-0.25, -0.2) is 13.1 Å². The van der Waals surface area contributed by atoms with E-state index in [2.05, 4.69) is 9.62 Å². The molecule has 106 valence electrons. The number of thiophene rings is 1. The molecule has 1 fully saturated rings. The number of sulfonamides is 1. The number of hydrogen-bond acceptors (Lipinski definition) is 5. The average molecular weight is 319 g/mol. The number of rotatable bonds is 5. The quantitative estimate of drug-likeness (QED) is 0.778. The van der Waals surface area contributed by atoms with Crippen LogP contribution in [0.5, 0.6) is 0 Å². The number of nitrogens with zero attached hydrogens (tertiary/aromatic N) is 1. The number of thiocarbonyl (C=S) groups is 1. The first kappa shape index (κ1) is 14.9. The summed E-state index contributed by atoms with van der Waals surface area (Å²) in [6.07, 6.45) is 1.03. The fourth-order valence-corrected chi connectivity index (χ4v) is 4.60. The number of hydrogen-bond donors (Lipinski definition) is 2. The Labute approximate surface area is 122 Å². The van der Waals surface area contributed by atoms with Crippen molar-refractivity contribution in [2.24, 2.45) is 11.7 Å². The summed E-state index contributed by atoms with van der Waals surface area (Å²) in [5.41, 5.74) is 5.48. The Morgan fingerprint density at radius 1 is 1.63 bits per heavy atom. The zero-order valence-corrected chi connectivity index (χ0v) is 13.1. The third kappa shape index (κ3) is 3.73. The molecule has 0 aromatic carbocycles. The van der Waals surface area contributed by atoms with E-state index in [9.17, 15) is 8.42 Å². The van der Waals surface area contributed by atoms with E-state index in [1.54, 1.807) is 12.1 Å². The highest BCUT2D eigenvalue weighted by atomic mass is 32.2. The first-order valence-electron chi connectivity index (χ1n) is 5.96. The van der Waals surface area contributed by atoms with Gasteiger partial charge in [0.05, 0.1) is 4.88 Å². The van der Waals surface area contributed by atoms with Crippen molar-refractivity contribution in [1.82, 2.24) is 9.62 Å². The molecule has 1 aliphatic heterocycles. The molecule has 1 unspecified atom stereocenters. The van der Waals surface area contributed by atoms with Crippen molar-refractivity contribution >= 4 is 38.6 Å². The molecule has 0 amide bonds. The molecule has 1 aromatic heterocycles. The van der Waals surface area contributed by atoms with Crippen molar-refractivity contribution in [2.75, 3.05) is 26.7 Å². The second-order valence-electron chi connectivity index (χ2n) is 4.75. The summed E-state index contributed by atoms with van der Waals surface area (Å²) in [5.74, 6) is 0.384. The molecular weight excluding hydrogens is 302 g/mol. The summed E-state index contributed by atoms with van der Waals surface area (Å²) in [6, 6.07) is 3.19. The number of likely N-dealkylation sites (tertiary alicyclic amines) is 1. The Morgan fingerprint density at radius 2 is 2.37 bits per heavy atom. The fraction of sp³-hybridized carbons (Fsp3) is 0.545. The van der Waals surface area contributed by atoms with Crippen molar-refractivity contribution in [1.29, 1.82) is 0 Å². The molecule has 2 rings (SSSR count). The summed E-state index contributed by atoms with van der Waals surface area (Å²) in [6.45, 7) is 2.44. The third-order valence-corrected chi connectivity index (χ3v) is 6.52. The van der Waals surface area contributed by atoms with Gasteiger partial charge in [-0.05, 0) is 38.1 Å². The molecule has 0 saturated carbocycles. The molecule has 0 radical (unpaired) electrons. The zero-order chi connectivity index (χ0) is 14.0. The maximum Gasteiger partial charge on any atom is 0.250 e. The lowest BCUT2D eigenvalue weighted by Gasteiger charge is -2.11. The van der Waals surface area contributed by atoms with E-state index >= 15 is 0 Å². The topological polar surface area (TPSA) is 75.4 Å². The minimum Gasteiger partial charge on any atom is -0.389 e. The number of nitrogens with two attached hydrogens (primary N) is 1. The van der Waals surface area contributed by atoms with Crippen LogP contribution in [0.4, 0.5) is 0 Å². The summed E-state index contributed by atoms with van der Waals surface area (Å²) in [7, 11) is -1.40. The van der Waals surface area contributed by atoms with Gasteiger partial charge in [-0.2, -0.15) is 0 Å². The first-order valence-corrected chi connectivity index (χ1v) is 8.67. The van der Waals surface area contributed by atoms with Gasteiger partial charge in [0.2, 0.25) is 10.0 Å². The van der Waals surface area contributed by atoms with Crippen molar-refractivity contribution in [3.63, 3.8) is 0 Å². The molecule has 1 saturated heterocycles. The van der Waals surface area contributed by atoms with Crippen molar-refractivity contribution < 1.29 is 8.42 Å². The summed E-state index contributed by atoms with van der Waals surface area (Å²) < 4.78 is 27.1. The average Bonchev–Trinajstić information content (AvgIpc) is 2.95. The summed E-state index contributed by atoms with van der Waals surface area (Å²) >= 11 is 5.93. The van der Waals surface area contributed by atoms with Crippen LogP contribution in [-0.2, 0) is 10.0 Å². The Kier molecular flexibility index (Phi) is 4.57. The van der Waals surface area contributed by atoms with Gasteiger partial charge < -0.3 is 10.6 Å². The van der Waals surface area contributed by atoms with E-state index in [0.29, 0.717) is 17.3 Å². The van der Waals surface area contributed by atoms with Gasteiger partial charge in [-0.1, -0.05) is 12.2 Å². The van der Waals surface area contributed by atoms with E-state index in [1.807, 2.05) is 7.05 Å². The van der Waals surface area contributed by atoms with E-state index in [1.165, 1.54) is 0 Å². The molecule has 2 heterocycles. The first-order chi connectivity index (χ1) is 8.88. The van der Waals surface area contributed by atoms with Crippen LogP contribution in [0.15, 0.2) is 16.3 Å². The molecule has 5 nitrogen and oxygen atoms in total. The smallest absolute Gasteiger partial charge is 0.250 e. The van der Waals surface area contributed by atoms with Crippen LogP contribution in [0.25, 0.3) is 0 Å². The minimum absolute atomic E-state index is 0.226. The van der Waals surface area contributed by atoms with Crippen LogP contribution in [0, 0.1) is 5.92 Å². The Bertz CT molecular complexity index is 567. The molecule has 1 aromatic rings. The molecule has 0 spiro atoms. The van der Waals surface area contributed by atoms with E-state index in [0.717, 1.165) is 30.8 Å². The normalized spacial score (nSPS) is 20.8. The molecule has 8 heteroatoms. The van der Waals surface area contributed by atoms with Crippen LogP contribution in [-0.4, -0.2) is 45.0 Å². The van der Waals surface area contributed by atoms with Crippen LogP contribution in [0.3, 0.4) is 0 Å². The Morgan fingerprint density at radius 3 is 2.89 bits per heavy atom. The highest BCUT2D eigenvalue weighted by molar-refractivity contribution is 7.91. The van der Waals surface area contributed by atoms with Crippen molar-refractivity contribution in [2.45, 2.75) is 10.6 Å². The number of nitrogens with one attached hydrogen (secondary N) is 1. The largest absolute Gasteiger partial charge is 0.389 e. The highest BCUT2D eigenvalue weighted by Crippen LogP contribution is 2.22. The second-order valence-corrected chi connectivity index (χ2v) is 8.27. The van der Waals surface area contributed by atoms with E-state index < -0.39 is 10.0 Å². The van der Waals surface area contributed by atoms with Crippen LogP contribution in [0.1, 0.15) is 11.3 Å². The van der Waals surface area contributed by atoms with Crippen LogP contribution >= 0.6 is 23.6 Å². The molecular formula is C11H17N3O2S3. The fourth-order valence-electron chi connectivity index (χ4n) is 2.09. The standard InChI is InChI=1S/C11H17N3O2S3/c1-14-5-4-8(7-14)6-13-19(15,16)10-3-2-9(18-10)11(12)17/h2-3,8,13H,4-7H2,1H3,(H2,12,17). The minimum atomic E-state index is -3.44. The predicted molar refractivity (Wildman–Crippen MR) is 81.0 cm³/mol.